The van der Waals surface area contributed by atoms with Gasteiger partial charge in [-0.2, -0.15) is 0 Å². The van der Waals surface area contributed by atoms with Crippen molar-refractivity contribution < 1.29 is 16.5 Å². The molecular weight excluding hydrogens is 387 g/mol. The average molecular weight is 420 g/mol. The molecule has 3 rings (SSSR count). The molecule has 0 N–H and O–H groups in total. The topological polar surface area (TPSA) is 24.7 Å². The first-order valence-electron chi connectivity index (χ1n) is 9.58. The van der Waals surface area contributed by atoms with Gasteiger partial charge in [0.15, 0.2) is 0 Å². The van der Waals surface area contributed by atoms with Crippen LogP contribution < -0.4 is 0 Å². The van der Waals surface area contributed by atoms with Crippen molar-refractivity contribution in [2.24, 2.45) is 15.9 Å². The Morgan fingerprint density at radius 3 is 1.54 bits per heavy atom. The summed E-state index contributed by atoms with van der Waals surface area (Å²) in [6.07, 6.45) is 2.14. The summed E-state index contributed by atoms with van der Waals surface area (Å²) in [5.74, 6) is 0.458. The average Bonchev–Trinajstić information content (AvgIpc) is 2.86. The van der Waals surface area contributed by atoms with E-state index in [1.54, 1.807) is 0 Å². The van der Waals surface area contributed by atoms with Crippen molar-refractivity contribution in [2.75, 3.05) is 0 Å². The van der Waals surface area contributed by atoms with E-state index in [2.05, 4.69) is 72.7 Å². The van der Waals surface area contributed by atoms with Crippen molar-refractivity contribution in [3.8, 4) is 0 Å². The molecule has 0 aliphatic heterocycles. The van der Waals surface area contributed by atoms with Gasteiger partial charge in [0.1, 0.15) is 0 Å². The van der Waals surface area contributed by atoms with E-state index in [4.69, 9.17) is 9.98 Å². The number of aliphatic imine (C=N–C) groups is 2. The maximum Gasteiger partial charge on any atom is 0.0692 e. The molecule has 154 valence electrons. The monoisotopic (exact) mass is 419 g/mol. The summed E-state index contributed by atoms with van der Waals surface area (Å²) in [7, 11) is 0. The van der Waals surface area contributed by atoms with E-state index in [0.29, 0.717) is 5.92 Å². The molecule has 0 saturated heterocycles. The Labute approximate surface area is 181 Å². The van der Waals surface area contributed by atoms with Gasteiger partial charge in [-0.05, 0) is 76.6 Å². The van der Waals surface area contributed by atoms with Crippen LogP contribution in [0.3, 0.4) is 0 Å². The molecule has 0 heterocycles. The van der Waals surface area contributed by atoms with Gasteiger partial charge in [-0.3, -0.25) is 9.98 Å². The maximum atomic E-state index is 5.12. The zero-order valence-electron chi connectivity index (χ0n) is 18.5. The standard InChI is InChI=1S/C24H30N2.CH3.Ni/c1-14-10-17(4)22(18(5)11-14)25-21-9-8-16(3)24(21)26-23-19(6)12-15(2)13-20(23)7;;/h10-13,16H,8-9H2,1-7H3;1H3;/q;-1;. The van der Waals surface area contributed by atoms with E-state index in [9.17, 15) is 0 Å². The molecule has 3 heteroatoms. The number of benzene rings is 2. The van der Waals surface area contributed by atoms with Crippen molar-refractivity contribution in [1.82, 2.24) is 0 Å². The molecule has 0 radical (unpaired) electrons. The molecule has 1 atom stereocenters. The minimum Gasteiger partial charge on any atom is -0.358 e. The van der Waals surface area contributed by atoms with Gasteiger partial charge >= 0.3 is 0 Å². The van der Waals surface area contributed by atoms with E-state index in [-0.39, 0.29) is 23.9 Å². The second-order valence-electron chi connectivity index (χ2n) is 7.99. The Hall–Kier alpha value is -1.73. The van der Waals surface area contributed by atoms with Crippen molar-refractivity contribution in [1.29, 1.82) is 0 Å². The van der Waals surface area contributed by atoms with Gasteiger partial charge in [0.2, 0.25) is 0 Å². The second-order valence-corrected chi connectivity index (χ2v) is 7.99. The summed E-state index contributed by atoms with van der Waals surface area (Å²) < 4.78 is 0. The molecule has 2 nitrogen and oxygen atoms in total. The van der Waals surface area contributed by atoms with Gasteiger partial charge in [0.25, 0.3) is 0 Å². The van der Waals surface area contributed by atoms with Gasteiger partial charge in [-0.1, -0.05) is 42.3 Å². The van der Waals surface area contributed by atoms with Gasteiger partial charge in [0, 0.05) is 22.4 Å². The summed E-state index contributed by atoms with van der Waals surface area (Å²) in [5, 5.41) is 0. The third kappa shape index (κ3) is 5.00. The van der Waals surface area contributed by atoms with E-state index in [1.165, 1.54) is 39.1 Å². The minimum absolute atomic E-state index is 0. The second kappa shape index (κ2) is 9.65. The molecule has 2 aromatic carbocycles. The fourth-order valence-electron chi connectivity index (χ4n) is 4.14. The summed E-state index contributed by atoms with van der Waals surface area (Å²) >= 11 is 0. The van der Waals surface area contributed by atoms with Crippen molar-refractivity contribution >= 4 is 22.8 Å². The quantitative estimate of drug-likeness (QED) is 0.361. The normalized spacial score (nSPS) is 18.9. The number of aryl methyl sites for hydroxylation is 6. The van der Waals surface area contributed by atoms with E-state index < -0.39 is 0 Å². The third-order valence-electron chi connectivity index (χ3n) is 5.33. The summed E-state index contributed by atoms with van der Waals surface area (Å²) in [6, 6.07) is 8.87. The van der Waals surface area contributed by atoms with E-state index in [0.717, 1.165) is 29.9 Å². The van der Waals surface area contributed by atoms with E-state index >= 15 is 0 Å². The Balaban J connectivity index is 0.00000196. The van der Waals surface area contributed by atoms with Crippen LogP contribution in [-0.2, 0) is 16.5 Å². The zero-order valence-corrected chi connectivity index (χ0v) is 19.5. The molecule has 2 aromatic rings. The predicted octanol–water partition coefficient (Wildman–Crippen LogP) is 7.26. The van der Waals surface area contributed by atoms with Crippen LogP contribution in [-0.4, -0.2) is 11.4 Å². The molecular formula is C25H33N2Ni-. The third-order valence-corrected chi connectivity index (χ3v) is 5.33. The Kier molecular flexibility index (Phi) is 8.38. The van der Waals surface area contributed by atoms with Gasteiger partial charge in [0.05, 0.1) is 22.8 Å². The fraction of sp³-hybridized carbons (Fsp3) is 0.400. The number of rotatable bonds is 2. The maximum absolute atomic E-state index is 5.12. The van der Waals surface area contributed by atoms with Crippen molar-refractivity contribution in [2.45, 2.75) is 61.3 Å². The van der Waals surface area contributed by atoms with Crippen LogP contribution in [0.25, 0.3) is 0 Å². The Bertz CT molecular complexity index is 876. The summed E-state index contributed by atoms with van der Waals surface area (Å²) in [5.41, 5.74) is 12.1. The molecule has 0 bridgehead atoms. The van der Waals surface area contributed by atoms with E-state index in [1.807, 2.05) is 0 Å². The molecule has 0 aromatic heterocycles. The van der Waals surface area contributed by atoms with Crippen LogP contribution in [0.2, 0.25) is 0 Å². The molecule has 1 unspecified atom stereocenters. The largest absolute Gasteiger partial charge is 0.358 e. The van der Waals surface area contributed by atoms with Crippen LogP contribution in [0.15, 0.2) is 34.3 Å². The summed E-state index contributed by atoms with van der Waals surface area (Å²) in [4.78, 5) is 10.2. The van der Waals surface area contributed by atoms with Crippen LogP contribution in [0.1, 0.15) is 53.1 Å². The SMILES string of the molecule is Cc1cc(C)c(N=C2CCC(C)C2=Nc2c(C)cc(C)cc2C)c(C)c1.[CH3-].[Ni]. The molecule has 28 heavy (non-hydrogen) atoms. The number of hydrogen-bond donors (Lipinski definition) is 0. The first-order chi connectivity index (χ1) is 12.3. The molecule has 1 aliphatic rings. The molecule has 1 saturated carbocycles. The predicted molar refractivity (Wildman–Crippen MR) is 120 cm³/mol. The van der Waals surface area contributed by atoms with Gasteiger partial charge < -0.3 is 7.43 Å². The van der Waals surface area contributed by atoms with Crippen molar-refractivity contribution in [3.63, 3.8) is 0 Å². The Morgan fingerprint density at radius 2 is 1.11 bits per heavy atom. The fourth-order valence-corrected chi connectivity index (χ4v) is 4.14. The Morgan fingerprint density at radius 1 is 0.714 bits per heavy atom. The summed E-state index contributed by atoms with van der Waals surface area (Å²) in [6.45, 7) is 15.2. The number of nitrogens with zero attached hydrogens (tertiary/aromatic N) is 2. The van der Waals surface area contributed by atoms with Crippen LogP contribution in [0.4, 0.5) is 11.4 Å². The zero-order chi connectivity index (χ0) is 19.0. The smallest absolute Gasteiger partial charge is 0.0692 e. The minimum atomic E-state index is 0. The molecule has 1 fully saturated rings. The number of hydrogen-bond acceptors (Lipinski definition) is 2. The first-order valence-corrected chi connectivity index (χ1v) is 9.58. The van der Waals surface area contributed by atoms with Gasteiger partial charge in [-0.15, -0.1) is 0 Å². The van der Waals surface area contributed by atoms with Crippen LogP contribution >= 0.6 is 0 Å². The van der Waals surface area contributed by atoms with Gasteiger partial charge in [-0.25, -0.2) is 0 Å². The molecule has 0 spiro atoms. The molecule has 1 aliphatic carbocycles. The van der Waals surface area contributed by atoms with Crippen LogP contribution in [0.5, 0.6) is 0 Å². The first kappa shape index (κ1) is 24.3. The molecule has 0 amide bonds. The van der Waals surface area contributed by atoms with Crippen LogP contribution in [0, 0.1) is 54.9 Å². The van der Waals surface area contributed by atoms with Crippen molar-refractivity contribution in [3.05, 3.63) is 65.1 Å².